The number of carbonyl (C=O) groups is 2. The second-order valence-electron chi connectivity index (χ2n) is 7.25. The van der Waals surface area contributed by atoms with E-state index < -0.39 is 22.0 Å². The van der Waals surface area contributed by atoms with Crippen LogP contribution in [0.2, 0.25) is 0 Å². The molecule has 0 unspecified atom stereocenters. The minimum Gasteiger partial charge on any atom is -0.465 e. The summed E-state index contributed by atoms with van der Waals surface area (Å²) in [4.78, 5) is 24.1. The summed E-state index contributed by atoms with van der Waals surface area (Å²) >= 11 is 0. The van der Waals surface area contributed by atoms with Gasteiger partial charge in [-0.15, -0.1) is 0 Å². The van der Waals surface area contributed by atoms with Gasteiger partial charge in [-0.05, 0) is 55.3 Å². The van der Waals surface area contributed by atoms with Gasteiger partial charge in [0.25, 0.3) is 0 Å². The molecule has 0 amide bonds. The van der Waals surface area contributed by atoms with Crippen molar-refractivity contribution in [3.63, 3.8) is 0 Å². The number of nitrogens with zero attached hydrogens (tertiary/aromatic N) is 1. The second-order valence-corrected chi connectivity index (χ2v) is 9.24. The Morgan fingerprint density at radius 2 is 1.60 bits per heavy atom. The molecule has 3 rings (SSSR count). The van der Waals surface area contributed by atoms with Crippen LogP contribution >= 0.6 is 0 Å². The molecule has 0 radical (unpaired) electrons. The molecule has 0 bridgehead atoms. The minimum absolute atomic E-state index is 0.0207. The Bertz CT molecular complexity index is 1010. The third-order valence-electron chi connectivity index (χ3n) is 5.32. The quantitative estimate of drug-likeness (QED) is 0.512. The number of methoxy groups -OCH3 is 1. The fraction of sp³-hybridized carbons (Fsp3) is 0.364. The molecule has 1 aliphatic carbocycles. The number of hydrogen-bond acceptors (Lipinski definition) is 6. The molecular formula is C22H25NO6S. The van der Waals surface area contributed by atoms with Gasteiger partial charge in [0.2, 0.25) is 10.0 Å². The SMILES string of the molecule is COC(=O)c1ccc(OC(=O)c2cccc(S(=O)(=O)N(C)C3CCCCC3)c2)cc1. The Balaban J connectivity index is 1.75. The van der Waals surface area contributed by atoms with Crippen LogP contribution in [0.3, 0.4) is 0 Å². The molecule has 8 heteroatoms. The van der Waals surface area contributed by atoms with Crippen LogP contribution in [0.15, 0.2) is 53.4 Å². The predicted molar refractivity (Wildman–Crippen MR) is 111 cm³/mol. The maximum Gasteiger partial charge on any atom is 0.343 e. The molecule has 30 heavy (non-hydrogen) atoms. The Morgan fingerprint density at radius 1 is 0.933 bits per heavy atom. The lowest BCUT2D eigenvalue weighted by molar-refractivity contribution is 0.0600. The smallest absolute Gasteiger partial charge is 0.343 e. The molecule has 0 atom stereocenters. The Morgan fingerprint density at radius 3 is 2.23 bits per heavy atom. The highest BCUT2D eigenvalue weighted by Crippen LogP contribution is 2.27. The average Bonchev–Trinajstić information content (AvgIpc) is 2.79. The zero-order valence-electron chi connectivity index (χ0n) is 17.0. The normalized spacial score (nSPS) is 15.0. The van der Waals surface area contributed by atoms with Crippen molar-refractivity contribution < 1.29 is 27.5 Å². The van der Waals surface area contributed by atoms with Crippen LogP contribution in [-0.4, -0.2) is 44.9 Å². The number of benzene rings is 2. The van der Waals surface area contributed by atoms with Gasteiger partial charge in [-0.3, -0.25) is 0 Å². The summed E-state index contributed by atoms with van der Waals surface area (Å²) in [6.45, 7) is 0. The molecule has 1 fully saturated rings. The molecule has 2 aromatic rings. The topological polar surface area (TPSA) is 90.0 Å². The van der Waals surface area contributed by atoms with Crippen molar-refractivity contribution in [3.05, 3.63) is 59.7 Å². The van der Waals surface area contributed by atoms with E-state index in [1.54, 1.807) is 7.05 Å². The molecule has 1 saturated carbocycles. The van der Waals surface area contributed by atoms with Crippen molar-refractivity contribution in [2.45, 2.75) is 43.0 Å². The Hall–Kier alpha value is -2.71. The molecule has 160 valence electrons. The van der Waals surface area contributed by atoms with Crippen LogP contribution in [0.25, 0.3) is 0 Å². The van der Waals surface area contributed by atoms with Gasteiger partial charge < -0.3 is 9.47 Å². The van der Waals surface area contributed by atoms with Crippen molar-refractivity contribution >= 4 is 22.0 Å². The number of hydrogen-bond donors (Lipinski definition) is 0. The fourth-order valence-electron chi connectivity index (χ4n) is 3.53. The van der Waals surface area contributed by atoms with E-state index in [9.17, 15) is 18.0 Å². The van der Waals surface area contributed by atoms with Gasteiger partial charge in [-0.25, -0.2) is 18.0 Å². The zero-order chi connectivity index (χ0) is 21.7. The van der Waals surface area contributed by atoms with Gasteiger partial charge in [0.1, 0.15) is 5.75 Å². The van der Waals surface area contributed by atoms with Gasteiger partial charge >= 0.3 is 11.9 Å². The van der Waals surface area contributed by atoms with E-state index in [0.717, 1.165) is 32.1 Å². The van der Waals surface area contributed by atoms with Crippen LogP contribution in [-0.2, 0) is 14.8 Å². The van der Waals surface area contributed by atoms with E-state index in [-0.39, 0.29) is 22.3 Å². The Labute approximate surface area is 176 Å². The molecule has 7 nitrogen and oxygen atoms in total. The molecular weight excluding hydrogens is 406 g/mol. The highest BCUT2D eigenvalue weighted by atomic mass is 32.2. The summed E-state index contributed by atoms with van der Waals surface area (Å²) in [5.41, 5.74) is 0.460. The first-order valence-corrected chi connectivity index (χ1v) is 11.3. The number of sulfonamides is 1. The number of carbonyl (C=O) groups excluding carboxylic acids is 2. The molecule has 0 spiro atoms. The van der Waals surface area contributed by atoms with E-state index in [2.05, 4.69) is 4.74 Å². The van der Waals surface area contributed by atoms with Gasteiger partial charge in [0, 0.05) is 13.1 Å². The molecule has 0 heterocycles. The van der Waals surface area contributed by atoms with Gasteiger partial charge in [0.15, 0.2) is 0 Å². The lowest BCUT2D eigenvalue weighted by atomic mass is 9.96. The van der Waals surface area contributed by atoms with Gasteiger partial charge in [-0.2, -0.15) is 4.31 Å². The van der Waals surface area contributed by atoms with Gasteiger partial charge in [0.05, 0.1) is 23.1 Å². The number of rotatable bonds is 6. The molecule has 0 aliphatic heterocycles. The molecule has 0 N–H and O–H groups in total. The fourth-order valence-corrected chi connectivity index (χ4v) is 5.00. The van der Waals surface area contributed by atoms with Crippen molar-refractivity contribution in [1.82, 2.24) is 4.31 Å². The lowest BCUT2D eigenvalue weighted by Crippen LogP contribution is -2.38. The molecule has 0 saturated heterocycles. The standard InChI is InChI=1S/C22H25NO6S/c1-23(18-8-4-3-5-9-18)30(26,27)20-10-6-7-17(15-20)22(25)29-19-13-11-16(12-14-19)21(24)28-2/h6-7,10-15,18H,3-5,8-9H2,1-2H3. The minimum atomic E-state index is -3.71. The summed E-state index contributed by atoms with van der Waals surface area (Å²) in [6, 6.07) is 11.7. The van der Waals surface area contributed by atoms with Crippen LogP contribution in [0.5, 0.6) is 5.75 Å². The highest BCUT2D eigenvalue weighted by molar-refractivity contribution is 7.89. The number of esters is 2. The summed E-state index contributed by atoms with van der Waals surface area (Å²) in [5, 5.41) is 0. The molecule has 1 aliphatic rings. The van der Waals surface area contributed by atoms with E-state index in [1.807, 2.05) is 0 Å². The third-order valence-corrected chi connectivity index (χ3v) is 7.23. The molecule has 0 aromatic heterocycles. The Kier molecular flexibility index (Phi) is 6.89. The summed E-state index contributed by atoms with van der Waals surface area (Å²) in [7, 11) is -0.834. The van der Waals surface area contributed by atoms with Crippen molar-refractivity contribution in [3.8, 4) is 5.75 Å². The van der Waals surface area contributed by atoms with E-state index in [4.69, 9.17) is 4.74 Å². The van der Waals surface area contributed by atoms with Crippen LogP contribution in [0.1, 0.15) is 52.8 Å². The third kappa shape index (κ3) is 4.88. The van der Waals surface area contributed by atoms with E-state index in [0.29, 0.717) is 5.56 Å². The van der Waals surface area contributed by atoms with Crippen LogP contribution in [0.4, 0.5) is 0 Å². The van der Waals surface area contributed by atoms with E-state index in [1.165, 1.54) is 59.9 Å². The van der Waals surface area contributed by atoms with Crippen molar-refractivity contribution in [1.29, 1.82) is 0 Å². The van der Waals surface area contributed by atoms with Gasteiger partial charge in [-0.1, -0.05) is 25.3 Å². The number of ether oxygens (including phenoxy) is 2. The maximum atomic E-state index is 13.0. The lowest BCUT2D eigenvalue weighted by Gasteiger charge is -2.30. The maximum absolute atomic E-state index is 13.0. The van der Waals surface area contributed by atoms with Crippen LogP contribution in [0, 0.1) is 0 Å². The van der Waals surface area contributed by atoms with E-state index >= 15 is 0 Å². The van der Waals surface area contributed by atoms with Crippen molar-refractivity contribution in [2.75, 3.05) is 14.2 Å². The zero-order valence-corrected chi connectivity index (χ0v) is 17.9. The summed E-state index contributed by atoms with van der Waals surface area (Å²) < 4.78 is 37.4. The monoisotopic (exact) mass is 431 g/mol. The van der Waals surface area contributed by atoms with Crippen molar-refractivity contribution in [2.24, 2.45) is 0 Å². The second kappa shape index (κ2) is 9.40. The molecule has 2 aromatic carbocycles. The largest absolute Gasteiger partial charge is 0.465 e. The first-order valence-electron chi connectivity index (χ1n) is 9.81. The summed E-state index contributed by atoms with van der Waals surface area (Å²) in [5.74, 6) is -0.939. The summed E-state index contributed by atoms with van der Waals surface area (Å²) in [6.07, 6.45) is 4.86. The average molecular weight is 432 g/mol. The first kappa shape index (κ1) is 22.0. The predicted octanol–water partition coefficient (Wildman–Crippen LogP) is 3.65. The first-order chi connectivity index (χ1) is 14.3. The highest BCUT2D eigenvalue weighted by Gasteiger charge is 2.29. The van der Waals surface area contributed by atoms with Crippen LogP contribution < -0.4 is 4.74 Å².